The van der Waals surface area contributed by atoms with Crippen molar-refractivity contribution in [3.05, 3.63) is 51.2 Å². The summed E-state index contributed by atoms with van der Waals surface area (Å²) in [5, 5.41) is 4.12. The molecule has 1 aromatic heterocycles. The number of amides is 1. The molecule has 3 rings (SSSR count). The van der Waals surface area contributed by atoms with Crippen molar-refractivity contribution in [1.29, 1.82) is 0 Å². The number of rotatable bonds is 5. The number of nitrogens with one attached hydrogen (secondary N) is 1. The second-order valence-electron chi connectivity index (χ2n) is 6.62. The summed E-state index contributed by atoms with van der Waals surface area (Å²) in [6.45, 7) is 4.54. The monoisotopic (exact) mass is 361 g/mol. The smallest absolute Gasteiger partial charge is 0.265 e. The molecule has 0 aliphatic carbocycles. The fourth-order valence-corrected chi connectivity index (χ4v) is 4.34. The maximum Gasteiger partial charge on any atom is 0.265 e. The predicted molar refractivity (Wildman–Crippen MR) is 98.6 cm³/mol. The van der Waals surface area contributed by atoms with E-state index in [0.29, 0.717) is 12.3 Å². The number of benzene rings is 1. The molecule has 134 valence electrons. The Kier molecular flexibility index (Phi) is 5.81. The molecule has 1 aromatic carbocycles. The van der Waals surface area contributed by atoms with E-state index in [2.05, 4.69) is 10.3 Å². The lowest BCUT2D eigenvalue weighted by Crippen LogP contribution is -2.40. The number of thiazole rings is 1. The van der Waals surface area contributed by atoms with Gasteiger partial charge in [-0.1, -0.05) is 12.1 Å². The molecular weight excluding hydrogens is 337 g/mol. The summed E-state index contributed by atoms with van der Waals surface area (Å²) in [6, 6.07) is 6.44. The molecule has 2 heterocycles. The van der Waals surface area contributed by atoms with Crippen LogP contribution in [0.25, 0.3) is 0 Å². The Labute approximate surface area is 152 Å². The van der Waals surface area contributed by atoms with Crippen molar-refractivity contribution in [2.24, 2.45) is 5.92 Å². The van der Waals surface area contributed by atoms with Crippen molar-refractivity contribution in [3.8, 4) is 0 Å². The van der Waals surface area contributed by atoms with Gasteiger partial charge in [-0.2, -0.15) is 0 Å². The lowest BCUT2D eigenvalue weighted by atomic mass is 9.97. The third-order valence-corrected chi connectivity index (χ3v) is 5.84. The Morgan fingerprint density at radius 1 is 1.32 bits per heavy atom. The number of piperidine rings is 1. The first-order valence-corrected chi connectivity index (χ1v) is 9.53. The molecule has 6 heteroatoms. The number of aryl methyl sites for hydroxylation is 1. The molecule has 0 saturated carbocycles. The van der Waals surface area contributed by atoms with Crippen molar-refractivity contribution in [2.75, 3.05) is 26.7 Å². The van der Waals surface area contributed by atoms with Crippen LogP contribution in [0.2, 0.25) is 0 Å². The van der Waals surface area contributed by atoms with Gasteiger partial charge in [-0.15, -0.1) is 11.3 Å². The largest absolute Gasteiger partial charge is 0.338 e. The Hall–Kier alpha value is -1.79. The van der Waals surface area contributed by atoms with E-state index in [4.69, 9.17) is 0 Å². The molecule has 0 radical (unpaired) electrons. The van der Waals surface area contributed by atoms with Gasteiger partial charge in [-0.3, -0.25) is 4.79 Å². The Morgan fingerprint density at radius 3 is 2.64 bits per heavy atom. The van der Waals surface area contributed by atoms with E-state index in [9.17, 15) is 9.18 Å². The highest BCUT2D eigenvalue weighted by Gasteiger charge is 2.26. The van der Waals surface area contributed by atoms with E-state index in [1.54, 1.807) is 12.1 Å². The molecule has 1 aliphatic heterocycles. The summed E-state index contributed by atoms with van der Waals surface area (Å²) in [5.41, 5.74) is 1.80. The summed E-state index contributed by atoms with van der Waals surface area (Å²) < 4.78 is 13.0. The zero-order valence-electron chi connectivity index (χ0n) is 14.7. The molecule has 25 heavy (non-hydrogen) atoms. The van der Waals surface area contributed by atoms with Crippen LogP contribution in [0.15, 0.2) is 24.3 Å². The summed E-state index contributed by atoms with van der Waals surface area (Å²) in [7, 11) is 1.97. The van der Waals surface area contributed by atoms with Crippen LogP contribution >= 0.6 is 11.3 Å². The van der Waals surface area contributed by atoms with Gasteiger partial charge in [0.05, 0.1) is 10.7 Å². The van der Waals surface area contributed by atoms with E-state index in [0.717, 1.165) is 53.6 Å². The van der Waals surface area contributed by atoms with E-state index in [1.807, 2.05) is 18.9 Å². The van der Waals surface area contributed by atoms with E-state index in [-0.39, 0.29) is 11.7 Å². The highest BCUT2D eigenvalue weighted by molar-refractivity contribution is 7.13. The molecule has 0 unspecified atom stereocenters. The van der Waals surface area contributed by atoms with Crippen molar-refractivity contribution < 1.29 is 9.18 Å². The van der Waals surface area contributed by atoms with Gasteiger partial charge in [0.15, 0.2) is 0 Å². The van der Waals surface area contributed by atoms with Crippen molar-refractivity contribution in [3.63, 3.8) is 0 Å². The number of likely N-dealkylation sites (tertiary alicyclic amines) is 1. The topological polar surface area (TPSA) is 45.2 Å². The zero-order chi connectivity index (χ0) is 17.8. The van der Waals surface area contributed by atoms with Gasteiger partial charge in [0.25, 0.3) is 5.91 Å². The molecule has 1 aliphatic rings. The van der Waals surface area contributed by atoms with Crippen molar-refractivity contribution in [2.45, 2.75) is 26.2 Å². The molecule has 1 fully saturated rings. The first kappa shape index (κ1) is 18.0. The predicted octanol–water partition coefficient (Wildman–Crippen LogP) is 3.25. The molecule has 2 aromatic rings. The normalized spacial score (nSPS) is 15.6. The van der Waals surface area contributed by atoms with Crippen LogP contribution in [0.1, 0.15) is 38.8 Å². The second kappa shape index (κ2) is 8.06. The van der Waals surface area contributed by atoms with Crippen LogP contribution in [0.3, 0.4) is 0 Å². The van der Waals surface area contributed by atoms with E-state index in [1.165, 1.54) is 23.5 Å². The average molecular weight is 361 g/mol. The van der Waals surface area contributed by atoms with Crippen LogP contribution in [-0.2, 0) is 6.42 Å². The van der Waals surface area contributed by atoms with Crippen LogP contribution < -0.4 is 5.32 Å². The third-order valence-electron chi connectivity index (χ3n) is 4.70. The van der Waals surface area contributed by atoms with Gasteiger partial charge in [0, 0.05) is 19.5 Å². The van der Waals surface area contributed by atoms with Gasteiger partial charge >= 0.3 is 0 Å². The fraction of sp³-hybridized carbons (Fsp3) is 0.474. The number of aromatic nitrogens is 1. The van der Waals surface area contributed by atoms with Gasteiger partial charge in [-0.05, 0) is 57.0 Å². The molecule has 0 spiro atoms. The molecule has 1 amide bonds. The number of hydrogen-bond donors (Lipinski definition) is 1. The SMILES string of the molecule is CNCC1CCN(C(=O)c2sc(Cc3ccc(F)cc3)nc2C)CC1. The maximum atomic E-state index is 13.0. The number of nitrogens with zero attached hydrogens (tertiary/aromatic N) is 2. The molecule has 4 nitrogen and oxygen atoms in total. The summed E-state index contributed by atoms with van der Waals surface area (Å²) in [6.07, 6.45) is 2.73. The Bertz CT molecular complexity index is 721. The number of carbonyl (C=O) groups excluding carboxylic acids is 1. The molecule has 1 N–H and O–H groups in total. The quantitative estimate of drug-likeness (QED) is 0.889. The van der Waals surface area contributed by atoms with Gasteiger partial charge in [0.2, 0.25) is 0 Å². The minimum Gasteiger partial charge on any atom is -0.338 e. The Balaban J connectivity index is 1.65. The van der Waals surface area contributed by atoms with Crippen LogP contribution in [0.5, 0.6) is 0 Å². The number of halogens is 1. The first-order valence-electron chi connectivity index (χ1n) is 8.71. The minimum absolute atomic E-state index is 0.100. The molecule has 0 bridgehead atoms. The molecule has 0 atom stereocenters. The third kappa shape index (κ3) is 4.44. The molecular formula is C19H24FN3OS. The van der Waals surface area contributed by atoms with Crippen LogP contribution in [0.4, 0.5) is 4.39 Å². The van der Waals surface area contributed by atoms with Crippen molar-refractivity contribution >= 4 is 17.2 Å². The van der Waals surface area contributed by atoms with E-state index >= 15 is 0 Å². The number of hydrogen-bond acceptors (Lipinski definition) is 4. The highest BCUT2D eigenvalue weighted by Crippen LogP contribution is 2.25. The molecule has 1 saturated heterocycles. The number of carbonyl (C=O) groups is 1. The average Bonchev–Trinajstić information content (AvgIpc) is 2.97. The fourth-order valence-electron chi connectivity index (χ4n) is 3.28. The highest BCUT2D eigenvalue weighted by atomic mass is 32.1. The minimum atomic E-state index is -0.239. The second-order valence-corrected chi connectivity index (χ2v) is 7.70. The first-order chi connectivity index (χ1) is 12.1. The van der Waals surface area contributed by atoms with Crippen molar-refractivity contribution in [1.82, 2.24) is 15.2 Å². The zero-order valence-corrected chi connectivity index (χ0v) is 15.5. The van der Waals surface area contributed by atoms with Gasteiger partial charge in [-0.25, -0.2) is 9.37 Å². The summed E-state index contributed by atoms with van der Waals surface area (Å²) >= 11 is 1.46. The van der Waals surface area contributed by atoms with Crippen LogP contribution in [-0.4, -0.2) is 42.5 Å². The Morgan fingerprint density at radius 2 is 2.00 bits per heavy atom. The summed E-state index contributed by atoms with van der Waals surface area (Å²) in [4.78, 5) is 20.1. The lowest BCUT2D eigenvalue weighted by Gasteiger charge is -2.31. The lowest BCUT2D eigenvalue weighted by molar-refractivity contribution is 0.0695. The maximum absolute atomic E-state index is 13.0. The van der Waals surface area contributed by atoms with E-state index < -0.39 is 0 Å². The van der Waals surface area contributed by atoms with Crippen LogP contribution in [0, 0.1) is 18.7 Å². The summed E-state index contributed by atoms with van der Waals surface area (Å²) in [5.74, 6) is 0.519. The standard InChI is InChI=1S/C19H24FN3OS/c1-13-18(19(24)23-9-7-15(8-10-23)12-21-2)25-17(22-13)11-14-3-5-16(20)6-4-14/h3-6,15,21H,7-12H2,1-2H3. The van der Waals surface area contributed by atoms with Gasteiger partial charge in [0.1, 0.15) is 10.7 Å². The van der Waals surface area contributed by atoms with Gasteiger partial charge < -0.3 is 10.2 Å².